The van der Waals surface area contributed by atoms with Crippen LogP contribution in [0.3, 0.4) is 0 Å². The molecular formula is C14H22N4. The third-order valence-corrected chi connectivity index (χ3v) is 3.52. The zero-order valence-corrected chi connectivity index (χ0v) is 11.9. The van der Waals surface area contributed by atoms with Crippen LogP contribution >= 0.6 is 0 Å². The molecule has 0 radical (unpaired) electrons. The van der Waals surface area contributed by atoms with Crippen molar-refractivity contribution in [2.24, 2.45) is 5.92 Å². The maximum absolute atomic E-state index is 4.57. The maximum atomic E-state index is 4.57. The zero-order valence-electron chi connectivity index (χ0n) is 11.9. The molecule has 2 rings (SSSR count). The SMILES string of the molecule is CN[C@@H](Cn1c(C)cc2cnc(C)nc21)C(C)C. The number of fused-ring (bicyclic) bond motifs is 1. The van der Waals surface area contributed by atoms with Gasteiger partial charge in [0.05, 0.1) is 0 Å². The van der Waals surface area contributed by atoms with Gasteiger partial charge < -0.3 is 9.88 Å². The van der Waals surface area contributed by atoms with Crippen LogP contribution in [0.5, 0.6) is 0 Å². The van der Waals surface area contributed by atoms with Gasteiger partial charge in [-0.15, -0.1) is 0 Å². The number of hydrogen-bond donors (Lipinski definition) is 1. The van der Waals surface area contributed by atoms with Crippen LogP contribution in [-0.4, -0.2) is 27.6 Å². The molecule has 4 heteroatoms. The fourth-order valence-corrected chi connectivity index (χ4v) is 2.32. The molecule has 0 aliphatic carbocycles. The summed E-state index contributed by atoms with van der Waals surface area (Å²) in [6.45, 7) is 9.49. The second kappa shape index (κ2) is 5.06. The van der Waals surface area contributed by atoms with Crippen LogP contribution in [0.2, 0.25) is 0 Å². The molecule has 0 saturated heterocycles. The highest BCUT2D eigenvalue weighted by Crippen LogP contribution is 2.18. The smallest absolute Gasteiger partial charge is 0.143 e. The first kappa shape index (κ1) is 13.0. The van der Waals surface area contributed by atoms with E-state index in [1.54, 1.807) is 0 Å². The van der Waals surface area contributed by atoms with Gasteiger partial charge in [-0.1, -0.05) is 13.8 Å². The average molecular weight is 246 g/mol. The van der Waals surface area contributed by atoms with Crippen LogP contribution in [-0.2, 0) is 6.54 Å². The fourth-order valence-electron chi connectivity index (χ4n) is 2.32. The van der Waals surface area contributed by atoms with E-state index in [4.69, 9.17) is 0 Å². The first-order chi connectivity index (χ1) is 8.52. The van der Waals surface area contributed by atoms with Crippen LogP contribution in [0.15, 0.2) is 12.3 Å². The molecule has 0 saturated carbocycles. The summed E-state index contributed by atoms with van der Waals surface area (Å²) in [6, 6.07) is 2.61. The molecule has 2 aromatic rings. The molecular weight excluding hydrogens is 224 g/mol. The molecule has 0 aromatic carbocycles. The van der Waals surface area contributed by atoms with E-state index in [0.717, 1.165) is 23.4 Å². The molecule has 18 heavy (non-hydrogen) atoms. The van der Waals surface area contributed by atoms with Crippen molar-refractivity contribution < 1.29 is 0 Å². The van der Waals surface area contributed by atoms with E-state index in [9.17, 15) is 0 Å². The molecule has 2 aromatic heterocycles. The van der Waals surface area contributed by atoms with Crippen LogP contribution in [0.4, 0.5) is 0 Å². The van der Waals surface area contributed by atoms with Crippen molar-refractivity contribution in [3.05, 3.63) is 23.8 Å². The summed E-state index contributed by atoms with van der Waals surface area (Å²) in [5, 5.41) is 4.50. The predicted octanol–water partition coefficient (Wildman–Crippen LogP) is 2.29. The van der Waals surface area contributed by atoms with Crippen molar-refractivity contribution in [3.63, 3.8) is 0 Å². The minimum absolute atomic E-state index is 0.453. The van der Waals surface area contributed by atoms with Gasteiger partial charge in [0.1, 0.15) is 11.5 Å². The van der Waals surface area contributed by atoms with E-state index in [2.05, 4.69) is 46.7 Å². The number of hydrogen-bond acceptors (Lipinski definition) is 3. The molecule has 0 fully saturated rings. The summed E-state index contributed by atoms with van der Waals surface area (Å²) in [6.07, 6.45) is 1.91. The Labute approximate surface area is 108 Å². The molecule has 0 spiro atoms. The monoisotopic (exact) mass is 246 g/mol. The Morgan fingerprint density at radius 3 is 2.67 bits per heavy atom. The van der Waals surface area contributed by atoms with Crippen LogP contribution < -0.4 is 5.32 Å². The van der Waals surface area contributed by atoms with E-state index < -0.39 is 0 Å². The highest BCUT2D eigenvalue weighted by Gasteiger charge is 2.15. The van der Waals surface area contributed by atoms with Crippen LogP contribution in [0.1, 0.15) is 25.4 Å². The summed E-state index contributed by atoms with van der Waals surface area (Å²) in [7, 11) is 2.02. The van der Waals surface area contributed by atoms with Crippen molar-refractivity contribution >= 4 is 11.0 Å². The van der Waals surface area contributed by atoms with Crippen molar-refractivity contribution in [3.8, 4) is 0 Å². The summed E-state index contributed by atoms with van der Waals surface area (Å²) in [5.41, 5.74) is 2.28. The lowest BCUT2D eigenvalue weighted by Crippen LogP contribution is -2.35. The van der Waals surface area contributed by atoms with E-state index in [1.807, 2.05) is 20.2 Å². The summed E-state index contributed by atoms with van der Waals surface area (Å²) < 4.78 is 2.28. The van der Waals surface area contributed by atoms with E-state index >= 15 is 0 Å². The third-order valence-electron chi connectivity index (χ3n) is 3.52. The summed E-state index contributed by atoms with van der Waals surface area (Å²) in [5.74, 6) is 1.42. The highest BCUT2D eigenvalue weighted by molar-refractivity contribution is 5.76. The number of nitrogens with one attached hydrogen (secondary N) is 1. The zero-order chi connectivity index (χ0) is 13.3. The quantitative estimate of drug-likeness (QED) is 0.900. The Kier molecular flexibility index (Phi) is 3.66. The summed E-state index contributed by atoms with van der Waals surface area (Å²) >= 11 is 0. The van der Waals surface area contributed by atoms with Gasteiger partial charge in [0.15, 0.2) is 0 Å². The van der Waals surface area contributed by atoms with Crippen molar-refractivity contribution in [1.29, 1.82) is 0 Å². The average Bonchev–Trinajstić information content (AvgIpc) is 2.61. The number of rotatable bonds is 4. The van der Waals surface area contributed by atoms with Gasteiger partial charge in [-0.05, 0) is 32.9 Å². The first-order valence-corrected chi connectivity index (χ1v) is 6.49. The molecule has 98 valence electrons. The van der Waals surface area contributed by atoms with Crippen molar-refractivity contribution in [1.82, 2.24) is 19.9 Å². The van der Waals surface area contributed by atoms with Crippen LogP contribution in [0.25, 0.3) is 11.0 Å². The van der Waals surface area contributed by atoms with E-state index in [-0.39, 0.29) is 0 Å². The standard InChI is InChI=1S/C14H22N4/c1-9(2)13(15-5)8-18-10(3)6-12-7-16-11(4)17-14(12)18/h6-7,9,13,15H,8H2,1-5H3/t13-/m0/s1. The number of nitrogens with zero attached hydrogens (tertiary/aromatic N) is 3. The van der Waals surface area contributed by atoms with Gasteiger partial charge in [0, 0.05) is 29.9 Å². The number of aromatic nitrogens is 3. The lowest BCUT2D eigenvalue weighted by molar-refractivity contribution is 0.379. The molecule has 0 aliphatic rings. The lowest BCUT2D eigenvalue weighted by atomic mass is 10.0. The normalized spacial score (nSPS) is 13.4. The second-order valence-corrected chi connectivity index (χ2v) is 5.23. The minimum atomic E-state index is 0.453. The summed E-state index contributed by atoms with van der Waals surface area (Å²) in [4.78, 5) is 8.82. The third kappa shape index (κ3) is 2.38. The molecule has 1 atom stereocenters. The number of aryl methyl sites for hydroxylation is 2. The molecule has 4 nitrogen and oxygen atoms in total. The second-order valence-electron chi connectivity index (χ2n) is 5.23. The van der Waals surface area contributed by atoms with E-state index in [0.29, 0.717) is 12.0 Å². The van der Waals surface area contributed by atoms with Crippen molar-refractivity contribution in [2.45, 2.75) is 40.3 Å². The van der Waals surface area contributed by atoms with Crippen LogP contribution in [0, 0.1) is 19.8 Å². The molecule has 0 bridgehead atoms. The maximum Gasteiger partial charge on any atom is 0.143 e. The molecule has 0 amide bonds. The van der Waals surface area contributed by atoms with Crippen molar-refractivity contribution in [2.75, 3.05) is 7.05 Å². The topological polar surface area (TPSA) is 42.7 Å². The van der Waals surface area contributed by atoms with Gasteiger partial charge in [-0.25, -0.2) is 9.97 Å². The van der Waals surface area contributed by atoms with Gasteiger partial charge in [-0.3, -0.25) is 0 Å². The molecule has 0 unspecified atom stereocenters. The van der Waals surface area contributed by atoms with Gasteiger partial charge >= 0.3 is 0 Å². The predicted molar refractivity (Wildman–Crippen MR) is 74.7 cm³/mol. The largest absolute Gasteiger partial charge is 0.328 e. The fraction of sp³-hybridized carbons (Fsp3) is 0.571. The Bertz CT molecular complexity index is 542. The highest BCUT2D eigenvalue weighted by atomic mass is 15.1. The minimum Gasteiger partial charge on any atom is -0.328 e. The Morgan fingerprint density at radius 1 is 1.33 bits per heavy atom. The molecule has 0 aliphatic heterocycles. The van der Waals surface area contributed by atoms with Gasteiger partial charge in [-0.2, -0.15) is 0 Å². The first-order valence-electron chi connectivity index (χ1n) is 6.49. The lowest BCUT2D eigenvalue weighted by Gasteiger charge is -2.22. The molecule has 2 heterocycles. The molecule has 1 N–H and O–H groups in total. The Morgan fingerprint density at radius 2 is 2.06 bits per heavy atom. The van der Waals surface area contributed by atoms with Gasteiger partial charge in [0.2, 0.25) is 0 Å². The Balaban J connectivity index is 2.43. The van der Waals surface area contributed by atoms with Gasteiger partial charge in [0.25, 0.3) is 0 Å². The van der Waals surface area contributed by atoms with E-state index in [1.165, 1.54) is 5.69 Å². The number of likely N-dealkylation sites (N-methyl/N-ethyl adjacent to an activating group) is 1. The Hall–Kier alpha value is -1.42.